The van der Waals surface area contributed by atoms with E-state index in [0.29, 0.717) is 25.2 Å². The molecule has 0 saturated carbocycles. The summed E-state index contributed by atoms with van der Waals surface area (Å²) in [7, 11) is 1.45. The highest BCUT2D eigenvalue weighted by molar-refractivity contribution is 6.39. The second-order valence-corrected chi connectivity index (χ2v) is 6.98. The monoisotopic (exact) mass is 373 g/mol. The quantitative estimate of drug-likeness (QED) is 0.805. The van der Waals surface area contributed by atoms with Gasteiger partial charge in [0.1, 0.15) is 11.1 Å². The summed E-state index contributed by atoms with van der Waals surface area (Å²) >= 11 is 0. The van der Waals surface area contributed by atoms with Gasteiger partial charge in [-0.25, -0.2) is 5.01 Å². The van der Waals surface area contributed by atoms with Gasteiger partial charge in [0.2, 0.25) is 5.91 Å². The first-order chi connectivity index (χ1) is 12.9. The molecule has 27 heavy (non-hydrogen) atoms. The van der Waals surface area contributed by atoms with Crippen LogP contribution >= 0.6 is 0 Å². The van der Waals surface area contributed by atoms with E-state index in [9.17, 15) is 19.5 Å². The molecule has 2 aliphatic heterocycles. The molecule has 1 unspecified atom stereocenters. The standard InChI is InChI=1S/C19H23N3O5/c1-27-13-19(18(25)26)9-10-21(12-19)17(24)15-7-8-16(23)22(20-15)11-14-5-3-2-4-6-14/h2-6H,7-13H2,1H3,(H,25,26). The zero-order valence-electron chi connectivity index (χ0n) is 15.3. The lowest BCUT2D eigenvalue weighted by Gasteiger charge is -2.27. The van der Waals surface area contributed by atoms with Crippen molar-refractivity contribution in [1.82, 2.24) is 9.91 Å². The van der Waals surface area contributed by atoms with Crippen LogP contribution < -0.4 is 0 Å². The molecule has 0 bridgehead atoms. The average molecular weight is 373 g/mol. The molecule has 8 nitrogen and oxygen atoms in total. The molecule has 0 radical (unpaired) electrons. The van der Waals surface area contributed by atoms with Crippen molar-refractivity contribution in [2.45, 2.75) is 25.8 Å². The Bertz CT molecular complexity index is 764. The Balaban J connectivity index is 1.73. The van der Waals surface area contributed by atoms with Gasteiger partial charge in [0.15, 0.2) is 0 Å². The summed E-state index contributed by atoms with van der Waals surface area (Å²) < 4.78 is 5.06. The van der Waals surface area contributed by atoms with E-state index < -0.39 is 11.4 Å². The molecular weight excluding hydrogens is 350 g/mol. The van der Waals surface area contributed by atoms with Crippen molar-refractivity contribution in [1.29, 1.82) is 0 Å². The highest BCUT2D eigenvalue weighted by atomic mass is 16.5. The molecular formula is C19H23N3O5. The number of aliphatic carboxylic acids is 1. The summed E-state index contributed by atoms with van der Waals surface area (Å²) in [6.07, 6.45) is 0.819. The minimum atomic E-state index is -1.08. The lowest BCUT2D eigenvalue weighted by Crippen LogP contribution is -2.43. The second-order valence-electron chi connectivity index (χ2n) is 6.98. The maximum atomic E-state index is 12.8. The number of carbonyl (C=O) groups is 3. The fraction of sp³-hybridized carbons (Fsp3) is 0.474. The van der Waals surface area contributed by atoms with Crippen LogP contribution in [0.1, 0.15) is 24.8 Å². The minimum absolute atomic E-state index is 0.0528. The van der Waals surface area contributed by atoms with E-state index in [1.807, 2.05) is 30.3 Å². The number of benzene rings is 1. The van der Waals surface area contributed by atoms with Crippen molar-refractivity contribution in [2.75, 3.05) is 26.8 Å². The predicted molar refractivity (Wildman–Crippen MR) is 96.8 cm³/mol. The molecule has 1 aromatic carbocycles. The zero-order valence-corrected chi connectivity index (χ0v) is 15.3. The number of carboxylic acids is 1. The van der Waals surface area contributed by atoms with Crippen LogP contribution in [-0.4, -0.2) is 65.3 Å². The number of carboxylic acid groups (broad SMARTS) is 1. The van der Waals surface area contributed by atoms with Crippen LogP contribution in [0.2, 0.25) is 0 Å². The maximum absolute atomic E-state index is 12.8. The number of hydrogen-bond acceptors (Lipinski definition) is 5. The number of likely N-dealkylation sites (tertiary alicyclic amines) is 1. The lowest BCUT2D eigenvalue weighted by molar-refractivity contribution is -0.151. The number of methoxy groups -OCH3 is 1. The summed E-state index contributed by atoms with van der Waals surface area (Å²) in [5, 5.41) is 15.1. The van der Waals surface area contributed by atoms with Gasteiger partial charge < -0.3 is 14.7 Å². The zero-order chi connectivity index (χ0) is 19.4. The SMILES string of the molecule is COCC1(C(=O)O)CCN(C(=O)C2=NN(Cc3ccccc3)C(=O)CC2)C1. The molecule has 144 valence electrons. The minimum Gasteiger partial charge on any atom is -0.481 e. The van der Waals surface area contributed by atoms with Gasteiger partial charge in [-0.2, -0.15) is 5.10 Å². The normalized spacial score (nSPS) is 22.7. The molecule has 1 atom stereocenters. The first-order valence-corrected chi connectivity index (χ1v) is 8.88. The summed E-state index contributed by atoms with van der Waals surface area (Å²) in [5.74, 6) is -1.40. The predicted octanol–water partition coefficient (Wildman–Crippen LogP) is 1.11. The van der Waals surface area contributed by atoms with Gasteiger partial charge in [0.05, 0.1) is 13.2 Å². The highest BCUT2D eigenvalue weighted by Crippen LogP contribution is 2.32. The summed E-state index contributed by atoms with van der Waals surface area (Å²) in [6, 6.07) is 9.44. The number of amides is 2. The van der Waals surface area contributed by atoms with Gasteiger partial charge >= 0.3 is 5.97 Å². The molecule has 2 aliphatic rings. The summed E-state index contributed by atoms with van der Waals surface area (Å²) in [6.45, 7) is 0.775. The third kappa shape index (κ3) is 4.00. The van der Waals surface area contributed by atoms with Crippen LogP contribution in [0.15, 0.2) is 35.4 Å². The Morgan fingerprint density at radius 1 is 1.26 bits per heavy atom. The van der Waals surface area contributed by atoms with E-state index in [4.69, 9.17) is 4.74 Å². The number of ether oxygens (including phenoxy) is 1. The number of hydrogen-bond donors (Lipinski definition) is 1. The molecule has 1 fully saturated rings. The Morgan fingerprint density at radius 2 is 2.00 bits per heavy atom. The third-order valence-electron chi connectivity index (χ3n) is 5.04. The fourth-order valence-corrected chi connectivity index (χ4v) is 3.49. The first kappa shape index (κ1) is 19.0. The Hall–Kier alpha value is -2.74. The van der Waals surface area contributed by atoms with Crippen LogP contribution in [0.25, 0.3) is 0 Å². The third-order valence-corrected chi connectivity index (χ3v) is 5.04. The maximum Gasteiger partial charge on any atom is 0.313 e. The second kappa shape index (κ2) is 7.87. The van der Waals surface area contributed by atoms with Crippen LogP contribution in [0, 0.1) is 5.41 Å². The van der Waals surface area contributed by atoms with Crippen LogP contribution in [0.5, 0.6) is 0 Å². The van der Waals surface area contributed by atoms with Gasteiger partial charge in [-0.3, -0.25) is 14.4 Å². The topological polar surface area (TPSA) is 99.5 Å². The molecule has 0 spiro atoms. The largest absolute Gasteiger partial charge is 0.481 e. The number of hydrazone groups is 1. The van der Waals surface area contributed by atoms with E-state index in [2.05, 4.69) is 5.10 Å². The van der Waals surface area contributed by atoms with E-state index in [1.165, 1.54) is 17.0 Å². The highest BCUT2D eigenvalue weighted by Gasteiger charge is 2.47. The van der Waals surface area contributed by atoms with Crippen molar-refractivity contribution in [3.63, 3.8) is 0 Å². The molecule has 2 heterocycles. The average Bonchev–Trinajstić information content (AvgIpc) is 3.10. The van der Waals surface area contributed by atoms with Crippen LogP contribution in [-0.2, 0) is 25.7 Å². The molecule has 0 aliphatic carbocycles. The van der Waals surface area contributed by atoms with Crippen LogP contribution in [0.3, 0.4) is 0 Å². The smallest absolute Gasteiger partial charge is 0.313 e. The van der Waals surface area contributed by atoms with E-state index in [1.54, 1.807) is 0 Å². The number of carbonyl (C=O) groups excluding carboxylic acids is 2. The van der Waals surface area contributed by atoms with E-state index in [-0.39, 0.29) is 37.8 Å². The van der Waals surface area contributed by atoms with Crippen molar-refractivity contribution in [2.24, 2.45) is 10.5 Å². The molecule has 1 saturated heterocycles. The van der Waals surface area contributed by atoms with E-state index >= 15 is 0 Å². The first-order valence-electron chi connectivity index (χ1n) is 8.88. The molecule has 1 aromatic rings. The van der Waals surface area contributed by atoms with Crippen molar-refractivity contribution in [3.8, 4) is 0 Å². The molecule has 3 rings (SSSR count). The van der Waals surface area contributed by atoms with E-state index in [0.717, 1.165) is 5.56 Å². The van der Waals surface area contributed by atoms with Gasteiger partial charge in [0, 0.05) is 33.0 Å². The Kier molecular flexibility index (Phi) is 5.55. The fourth-order valence-electron chi connectivity index (χ4n) is 3.49. The Labute approximate surface area is 157 Å². The van der Waals surface area contributed by atoms with Crippen molar-refractivity contribution < 1.29 is 24.2 Å². The van der Waals surface area contributed by atoms with Crippen molar-refractivity contribution in [3.05, 3.63) is 35.9 Å². The molecule has 8 heteroatoms. The van der Waals surface area contributed by atoms with Gasteiger partial charge in [-0.15, -0.1) is 0 Å². The van der Waals surface area contributed by atoms with Gasteiger partial charge in [-0.05, 0) is 12.0 Å². The number of nitrogens with zero attached hydrogens (tertiary/aromatic N) is 3. The van der Waals surface area contributed by atoms with Crippen LogP contribution in [0.4, 0.5) is 0 Å². The molecule has 0 aromatic heterocycles. The van der Waals surface area contributed by atoms with Gasteiger partial charge in [0.25, 0.3) is 5.91 Å². The lowest BCUT2D eigenvalue weighted by atomic mass is 9.88. The molecule has 1 N–H and O–H groups in total. The van der Waals surface area contributed by atoms with Crippen molar-refractivity contribution >= 4 is 23.5 Å². The molecule has 2 amide bonds. The van der Waals surface area contributed by atoms with Gasteiger partial charge in [-0.1, -0.05) is 30.3 Å². The summed E-state index contributed by atoms with van der Waals surface area (Å²) in [5.41, 5.74) is 0.137. The number of rotatable bonds is 6. The Morgan fingerprint density at radius 3 is 2.67 bits per heavy atom. The summed E-state index contributed by atoms with van der Waals surface area (Å²) in [4.78, 5) is 38.2.